The minimum absolute atomic E-state index is 0.0270. The molecule has 0 atom stereocenters. The number of aromatic nitrogens is 1. The number of ether oxygens (including phenoxy) is 3. The second-order valence-electron chi connectivity index (χ2n) is 8.25. The molecule has 4 aromatic rings. The Morgan fingerprint density at radius 1 is 0.838 bits per heavy atom. The molecular formula is C27H27N3O6S. The molecule has 0 saturated carbocycles. The molecule has 0 fully saturated rings. The summed E-state index contributed by atoms with van der Waals surface area (Å²) in [5.74, 6) is 0.983. The highest BCUT2D eigenvalue weighted by molar-refractivity contribution is 7.89. The van der Waals surface area contributed by atoms with Crippen LogP contribution in [0.4, 0.5) is 5.69 Å². The number of rotatable bonds is 8. The Morgan fingerprint density at radius 3 is 2.19 bits per heavy atom. The Balaban J connectivity index is 1.81. The van der Waals surface area contributed by atoms with Crippen molar-refractivity contribution in [2.75, 3.05) is 40.7 Å². The van der Waals surface area contributed by atoms with Crippen molar-refractivity contribution in [2.24, 2.45) is 0 Å². The van der Waals surface area contributed by atoms with E-state index in [1.165, 1.54) is 39.4 Å². The van der Waals surface area contributed by atoms with E-state index in [-0.39, 0.29) is 10.6 Å². The lowest BCUT2D eigenvalue weighted by Crippen LogP contribution is -2.22. The van der Waals surface area contributed by atoms with E-state index in [1.54, 1.807) is 38.5 Å². The molecule has 0 aliphatic heterocycles. The fraction of sp³-hybridized carbons (Fsp3) is 0.185. The Labute approximate surface area is 215 Å². The van der Waals surface area contributed by atoms with Crippen LogP contribution in [-0.2, 0) is 10.0 Å². The van der Waals surface area contributed by atoms with E-state index in [2.05, 4.69) is 5.32 Å². The summed E-state index contributed by atoms with van der Waals surface area (Å²) < 4.78 is 42.6. The van der Waals surface area contributed by atoms with Crippen LogP contribution in [0.3, 0.4) is 0 Å². The van der Waals surface area contributed by atoms with Gasteiger partial charge in [-0.2, -0.15) is 0 Å². The number of benzene rings is 3. The van der Waals surface area contributed by atoms with Crippen molar-refractivity contribution in [3.8, 4) is 28.5 Å². The second kappa shape index (κ2) is 10.5. The van der Waals surface area contributed by atoms with Gasteiger partial charge in [0.2, 0.25) is 10.0 Å². The second-order valence-corrected chi connectivity index (χ2v) is 10.4. The molecule has 4 rings (SSSR count). The van der Waals surface area contributed by atoms with Gasteiger partial charge in [0.15, 0.2) is 11.5 Å². The van der Waals surface area contributed by atoms with Gasteiger partial charge >= 0.3 is 0 Å². The lowest BCUT2D eigenvalue weighted by atomic mass is 10.0. The number of nitrogens with one attached hydrogen (secondary N) is 1. The number of nitrogens with zero attached hydrogens (tertiary/aromatic N) is 2. The zero-order valence-electron chi connectivity index (χ0n) is 21.1. The van der Waals surface area contributed by atoms with Crippen molar-refractivity contribution in [1.29, 1.82) is 0 Å². The zero-order chi connectivity index (χ0) is 26.7. The van der Waals surface area contributed by atoms with E-state index in [1.807, 2.05) is 24.3 Å². The van der Waals surface area contributed by atoms with Gasteiger partial charge in [-0.15, -0.1) is 0 Å². The summed E-state index contributed by atoms with van der Waals surface area (Å²) in [4.78, 5) is 18.4. The minimum atomic E-state index is -3.72. The third kappa shape index (κ3) is 5.07. The van der Waals surface area contributed by atoms with Crippen LogP contribution in [0, 0.1) is 0 Å². The van der Waals surface area contributed by atoms with Gasteiger partial charge < -0.3 is 19.5 Å². The third-order valence-corrected chi connectivity index (χ3v) is 7.65. The molecule has 10 heteroatoms. The molecule has 9 nitrogen and oxygen atoms in total. The average molecular weight is 522 g/mol. The van der Waals surface area contributed by atoms with Crippen molar-refractivity contribution in [3.05, 3.63) is 72.3 Å². The van der Waals surface area contributed by atoms with Crippen LogP contribution in [0.2, 0.25) is 0 Å². The van der Waals surface area contributed by atoms with Gasteiger partial charge in [0.25, 0.3) is 5.91 Å². The third-order valence-electron chi connectivity index (χ3n) is 5.84. The molecule has 0 aliphatic rings. The summed E-state index contributed by atoms with van der Waals surface area (Å²) in [6.07, 6.45) is 0. The zero-order valence-corrected chi connectivity index (χ0v) is 21.9. The summed E-state index contributed by atoms with van der Waals surface area (Å²) in [6, 6.07) is 18.7. The van der Waals surface area contributed by atoms with Crippen LogP contribution >= 0.6 is 0 Å². The van der Waals surface area contributed by atoms with Crippen molar-refractivity contribution >= 4 is 32.5 Å². The minimum Gasteiger partial charge on any atom is -0.495 e. The Hall–Kier alpha value is -4.15. The molecule has 1 amide bonds. The lowest BCUT2D eigenvalue weighted by molar-refractivity contribution is 0.102. The monoisotopic (exact) mass is 521 g/mol. The molecule has 0 unspecified atom stereocenters. The number of carbonyl (C=O) groups excluding carboxylic acids is 1. The van der Waals surface area contributed by atoms with E-state index in [9.17, 15) is 13.2 Å². The maximum Gasteiger partial charge on any atom is 0.256 e. The van der Waals surface area contributed by atoms with Crippen molar-refractivity contribution < 1.29 is 27.4 Å². The first-order valence-electron chi connectivity index (χ1n) is 11.2. The molecule has 1 heterocycles. The van der Waals surface area contributed by atoms with Gasteiger partial charge in [0.05, 0.1) is 48.7 Å². The van der Waals surface area contributed by atoms with Crippen LogP contribution in [0.15, 0.2) is 71.6 Å². The van der Waals surface area contributed by atoms with Gasteiger partial charge in [0, 0.05) is 25.0 Å². The van der Waals surface area contributed by atoms with Crippen molar-refractivity contribution in [3.63, 3.8) is 0 Å². The topological polar surface area (TPSA) is 107 Å². The van der Waals surface area contributed by atoms with Gasteiger partial charge in [-0.05, 0) is 48.5 Å². The number of anilines is 1. The number of hydrogen-bond acceptors (Lipinski definition) is 7. The quantitative estimate of drug-likeness (QED) is 0.366. The predicted molar refractivity (Wildman–Crippen MR) is 142 cm³/mol. The SMILES string of the molecule is COc1ccc(S(=O)(=O)N(C)C)cc1NC(=O)c1cc(-c2ccc(OC)c(OC)c2)nc2ccccc12. The van der Waals surface area contributed by atoms with Gasteiger partial charge in [0.1, 0.15) is 5.75 Å². The summed E-state index contributed by atoms with van der Waals surface area (Å²) in [5.41, 5.74) is 2.49. The number of para-hydroxylation sites is 1. The largest absolute Gasteiger partial charge is 0.495 e. The first-order valence-corrected chi connectivity index (χ1v) is 12.7. The number of carbonyl (C=O) groups is 1. The van der Waals surface area contributed by atoms with E-state index in [4.69, 9.17) is 19.2 Å². The molecule has 0 bridgehead atoms. The Morgan fingerprint density at radius 2 is 1.51 bits per heavy atom. The van der Waals surface area contributed by atoms with Crippen LogP contribution in [0.5, 0.6) is 17.2 Å². The number of fused-ring (bicyclic) bond motifs is 1. The smallest absolute Gasteiger partial charge is 0.256 e. The molecule has 0 spiro atoms. The maximum atomic E-state index is 13.6. The summed E-state index contributed by atoms with van der Waals surface area (Å²) in [7, 11) is 3.71. The van der Waals surface area contributed by atoms with Crippen molar-refractivity contribution in [2.45, 2.75) is 4.90 Å². The van der Waals surface area contributed by atoms with E-state index < -0.39 is 15.9 Å². The van der Waals surface area contributed by atoms with E-state index >= 15 is 0 Å². The van der Waals surface area contributed by atoms with Crippen LogP contribution in [-0.4, -0.2) is 59.0 Å². The van der Waals surface area contributed by atoms with E-state index in [0.717, 1.165) is 9.87 Å². The Bertz CT molecular complexity index is 1580. The van der Waals surface area contributed by atoms with Crippen LogP contribution in [0.25, 0.3) is 22.2 Å². The number of hydrogen-bond donors (Lipinski definition) is 1. The van der Waals surface area contributed by atoms with Gasteiger partial charge in [-0.1, -0.05) is 18.2 Å². The number of pyridine rings is 1. The number of amides is 1. The van der Waals surface area contributed by atoms with Crippen LogP contribution < -0.4 is 19.5 Å². The molecule has 0 saturated heterocycles. The number of methoxy groups -OCH3 is 3. The first-order chi connectivity index (χ1) is 17.7. The maximum absolute atomic E-state index is 13.6. The molecule has 0 radical (unpaired) electrons. The summed E-state index contributed by atoms with van der Waals surface area (Å²) >= 11 is 0. The molecule has 1 aromatic heterocycles. The molecule has 1 N–H and O–H groups in total. The molecule has 0 aliphatic carbocycles. The predicted octanol–water partition coefficient (Wildman–Crippen LogP) is 4.43. The fourth-order valence-corrected chi connectivity index (χ4v) is 4.78. The molecule has 37 heavy (non-hydrogen) atoms. The molecule has 192 valence electrons. The summed E-state index contributed by atoms with van der Waals surface area (Å²) in [6.45, 7) is 0. The van der Waals surface area contributed by atoms with Crippen LogP contribution in [0.1, 0.15) is 10.4 Å². The number of sulfonamides is 1. The van der Waals surface area contributed by atoms with Gasteiger partial charge in [-0.3, -0.25) is 4.79 Å². The van der Waals surface area contributed by atoms with E-state index in [0.29, 0.717) is 39.4 Å². The van der Waals surface area contributed by atoms with Crippen molar-refractivity contribution in [1.82, 2.24) is 9.29 Å². The first kappa shape index (κ1) is 25.9. The summed E-state index contributed by atoms with van der Waals surface area (Å²) in [5, 5.41) is 3.46. The standard InChI is InChI=1S/C27H27N3O6S/c1-30(2)37(32,33)18-11-13-24(34-3)23(15-18)29-27(31)20-16-22(28-21-9-7-6-8-19(20)21)17-10-12-25(35-4)26(14-17)36-5/h6-16H,1-5H3,(H,29,31). The average Bonchev–Trinajstić information content (AvgIpc) is 2.91. The van der Waals surface area contributed by atoms with Gasteiger partial charge in [-0.25, -0.2) is 17.7 Å². The highest BCUT2D eigenvalue weighted by Gasteiger charge is 2.21. The normalized spacial score (nSPS) is 11.4. The highest BCUT2D eigenvalue weighted by Crippen LogP contribution is 2.34. The fourth-order valence-electron chi connectivity index (χ4n) is 3.85. The highest BCUT2D eigenvalue weighted by atomic mass is 32.2. The molecular weight excluding hydrogens is 494 g/mol. The molecule has 3 aromatic carbocycles. The lowest BCUT2D eigenvalue weighted by Gasteiger charge is -2.16. The Kier molecular flexibility index (Phi) is 7.33.